The molecule has 0 spiro atoms. The van der Waals surface area contributed by atoms with Crippen molar-refractivity contribution in [1.82, 2.24) is 14.3 Å². The molecule has 8 nitrogen and oxygen atoms in total. The van der Waals surface area contributed by atoms with Gasteiger partial charge in [0.15, 0.2) is 11.3 Å². The standard InChI is InChI=1S/C26H28F2N4O4/c1-15-11-31(18-5-3-2-4-6-18)21-14-30-13-19(23(33)24(34)22(30)26(36)32(21)12-15)25(35)29-10-16-7-8-17(27)9-20(16)28/h7-9,13-15,18,34H,2-6,10-12H2,1H3,(H,29,35)/t15-/m1/s1. The van der Waals surface area contributed by atoms with Gasteiger partial charge in [-0.25, -0.2) is 8.78 Å². The third kappa shape index (κ3) is 4.25. The van der Waals surface area contributed by atoms with Crippen LogP contribution in [0.5, 0.6) is 5.75 Å². The van der Waals surface area contributed by atoms with E-state index in [1.165, 1.54) is 23.1 Å². The van der Waals surface area contributed by atoms with Crippen LogP contribution in [-0.2, 0) is 13.1 Å². The summed E-state index contributed by atoms with van der Waals surface area (Å²) in [6.07, 6.45) is 8.42. The summed E-state index contributed by atoms with van der Waals surface area (Å²) in [5.41, 5.74) is -2.01. The van der Waals surface area contributed by atoms with Gasteiger partial charge in [0.2, 0.25) is 5.43 Å². The largest absolute Gasteiger partial charge is 0.503 e. The lowest BCUT2D eigenvalue weighted by Crippen LogP contribution is -2.48. The molecular weight excluding hydrogens is 470 g/mol. The van der Waals surface area contributed by atoms with E-state index in [2.05, 4.69) is 17.1 Å². The Morgan fingerprint density at radius 1 is 1.11 bits per heavy atom. The molecule has 2 N–H and O–H groups in total. The number of hydrogen-bond acceptors (Lipinski definition) is 5. The zero-order valence-electron chi connectivity index (χ0n) is 20.0. The van der Waals surface area contributed by atoms with Crippen LogP contribution in [0.25, 0.3) is 5.52 Å². The van der Waals surface area contributed by atoms with Gasteiger partial charge < -0.3 is 19.7 Å². The number of nitrogens with zero attached hydrogens (tertiary/aromatic N) is 3. The fourth-order valence-corrected chi connectivity index (χ4v) is 5.39. The second-order valence-electron chi connectivity index (χ2n) is 9.85. The first kappa shape index (κ1) is 24.0. The highest BCUT2D eigenvalue weighted by Crippen LogP contribution is 2.31. The highest BCUT2D eigenvalue weighted by atomic mass is 19.1. The molecule has 0 radical (unpaired) electrons. The molecule has 2 aromatic heterocycles. The quantitative estimate of drug-likeness (QED) is 0.576. The number of halogens is 2. The van der Waals surface area contributed by atoms with Gasteiger partial charge in [0.25, 0.3) is 11.5 Å². The van der Waals surface area contributed by atoms with Crippen LogP contribution in [0.3, 0.4) is 0 Å². The lowest BCUT2D eigenvalue weighted by Gasteiger charge is -2.42. The predicted octanol–water partition coefficient (Wildman–Crippen LogP) is 3.16. The number of carbonyl (C=O) groups is 1. The average Bonchev–Trinajstić information content (AvgIpc) is 2.86. The third-order valence-corrected chi connectivity index (χ3v) is 7.20. The van der Waals surface area contributed by atoms with Gasteiger partial charge in [-0.1, -0.05) is 32.3 Å². The van der Waals surface area contributed by atoms with Crippen molar-refractivity contribution in [3.63, 3.8) is 0 Å². The highest BCUT2D eigenvalue weighted by molar-refractivity contribution is 5.94. The SMILES string of the molecule is C[C@@H]1CN(C2CCCCC2)c2cn3cc(C(=O)NCc4ccc(F)cc4F)c(=O)c(O)c3c(=O)n2C1. The number of nitrogens with one attached hydrogen (secondary N) is 1. The maximum Gasteiger partial charge on any atom is 0.280 e. The molecule has 0 saturated heterocycles. The molecule has 0 unspecified atom stereocenters. The van der Waals surface area contributed by atoms with Gasteiger partial charge in [0, 0.05) is 43.5 Å². The number of hydrogen-bond donors (Lipinski definition) is 2. The van der Waals surface area contributed by atoms with Gasteiger partial charge in [0.1, 0.15) is 23.0 Å². The van der Waals surface area contributed by atoms with Crippen molar-refractivity contribution in [2.45, 2.75) is 58.2 Å². The van der Waals surface area contributed by atoms with Crippen molar-refractivity contribution >= 4 is 17.2 Å². The van der Waals surface area contributed by atoms with Crippen LogP contribution in [-0.4, -0.2) is 32.6 Å². The molecule has 0 bridgehead atoms. The average molecular weight is 499 g/mol. The Morgan fingerprint density at radius 3 is 2.58 bits per heavy atom. The molecule has 36 heavy (non-hydrogen) atoms. The van der Waals surface area contributed by atoms with Crippen LogP contribution in [0.15, 0.2) is 40.2 Å². The second-order valence-corrected chi connectivity index (χ2v) is 9.85. The van der Waals surface area contributed by atoms with Crippen molar-refractivity contribution in [3.05, 3.63) is 73.9 Å². The molecule has 1 atom stereocenters. The Morgan fingerprint density at radius 2 is 1.86 bits per heavy atom. The number of aromatic hydroxyl groups is 1. The monoisotopic (exact) mass is 498 g/mol. The predicted molar refractivity (Wildman–Crippen MR) is 131 cm³/mol. The summed E-state index contributed by atoms with van der Waals surface area (Å²) in [6, 6.07) is 3.26. The molecule has 3 aromatic rings. The Hall–Kier alpha value is -3.69. The molecule has 1 amide bonds. The minimum Gasteiger partial charge on any atom is -0.503 e. The topological polar surface area (TPSA) is 96.1 Å². The zero-order valence-corrected chi connectivity index (χ0v) is 20.0. The first-order chi connectivity index (χ1) is 17.2. The minimum absolute atomic E-state index is 0.0411. The first-order valence-electron chi connectivity index (χ1n) is 12.2. The van der Waals surface area contributed by atoms with Crippen LogP contribution in [0.2, 0.25) is 0 Å². The van der Waals surface area contributed by atoms with Crippen molar-refractivity contribution < 1.29 is 18.7 Å². The van der Waals surface area contributed by atoms with Crippen molar-refractivity contribution in [1.29, 1.82) is 0 Å². The van der Waals surface area contributed by atoms with Crippen LogP contribution in [0.1, 0.15) is 54.9 Å². The molecule has 1 fully saturated rings. The van der Waals surface area contributed by atoms with E-state index in [0.717, 1.165) is 38.3 Å². The number of aromatic nitrogens is 2. The van der Waals surface area contributed by atoms with Crippen LogP contribution < -0.4 is 21.2 Å². The van der Waals surface area contributed by atoms with E-state index in [-0.39, 0.29) is 29.1 Å². The number of anilines is 1. The number of benzene rings is 1. The summed E-state index contributed by atoms with van der Waals surface area (Å²) >= 11 is 0. The Labute approximate surface area is 205 Å². The molecule has 1 aliphatic heterocycles. The molecule has 1 aliphatic carbocycles. The summed E-state index contributed by atoms with van der Waals surface area (Å²) in [4.78, 5) is 41.3. The maximum absolute atomic E-state index is 13.9. The number of amides is 1. The molecule has 1 saturated carbocycles. The van der Waals surface area contributed by atoms with E-state index in [4.69, 9.17) is 0 Å². The van der Waals surface area contributed by atoms with E-state index >= 15 is 0 Å². The van der Waals surface area contributed by atoms with Gasteiger partial charge in [-0.2, -0.15) is 0 Å². The maximum atomic E-state index is 13.9. The number of rotatable bonds is 4. The van der Waals surface area contributed by atoms with Crippen molar-refractivity contribution in [3.8, 4) is 5.75 Å². The summed E-state index contributed by atoms with van der Waals surface area (Å²) in [7, 11) is 0. The molecule has 190 valence electrons. The van der Waals surface area contributed by atoms with Gasteiger partial charge in [0.05, 0.1) is 6.20 Å². The summed E-state index contributed by atoms with van der Waals surface area (Å²) in [5, 5.41) is 13.1. The molecular formula is C26H28F2N4O4. The van der Waals surface area contributed by atoms with E-state index in [0.29, 0.717) is 24.5 Å². The van der Waals surface area contributed by atoms with Gasteiger partial charge in [-0.3, -0.25) is 19.0 Å². The van der Waals surface area contributed by atoms with Crippen LogP contribution >= 0.6 is 0 Å². The Bertz CT molecular complexity index is 1460. The fraction of sp³-hybridized carbons (Fsp3) is 0.423. The zero-order chi connectivity index (χ0) is 25.6. The summed E-state index contributed by atoms with van der Waals surface area (Å²) in [6.45, 7) is 3.04. The van der Waals surface area contributed by atoms with Crippen molar-refractivity contribution in [2.24, 2.45) is 5.92 Å². The van der Waals surface area contributed by atoms with E-state index in [1.54, 1.807) is 10.8 Å². The molecule has 1 aromatic carbocycles. The van der Waals surface area contributed by atoms with Gasteiger partial charge in [-0.15, -0.1) is 0 Å². The lowest BCUT2D eigenvalue weighted by molar-refractivity contribution is 0.0948. The molecule has 5 rings (SSSR count). The molecule has 2 aliphatic rings. The van der Waals surface area contributed by atoms with Gasteiger partial charge >= 0.3 is 0 Å². The van der Waals surface area contributed by atoms with Crippen molar-refractivity contribution in [2.75, 3.05) is 11.4 Å². The van der Waals surface area contributed by atoms with E-state index < -0.39 is 34.3 Å². The first-order valence-corrected chi connectivity index (χ1v) is 12.2. The van der Waals surface area contributed by atoms with Gasteiger partial charge in [-0.05, 0) is 24.8 Å². The fourth-order valence-electron chi connectivity index (χ4n) is 5.39. The van der Waals surface area contributed by atoms with Crippen LogP contribution in [0.4, 0.5) is 14.6 Å². The number of pyridine rings is 1. The smallest absolute Gasteiger partial charge is 0.280 e. The number of fused-ring (bicyclic) bond motifs is 2. The second kappa shape index (κ2) is 9.40. The molecule has 10 heteroatoms. The van der Waals surface area contributed by atoms with E-state index in [1.807, 2.05) is 0 Å². The number of carbonyl (C=O) groups excluding carboxylic acids is 1. The third-order valence-electron chi connectivity index (χ3n) is 7.20. The van der Waals surface area contributed by atoms with Crippen LogP contribution in [0, 0.1) is 17.6 Å². The Kier molecular flexibility index (Phi) is 6.27. The summed E-state index contributed by atoms with van der Waals surface area (Å²) < 4.78 is 30.0. The summed E-state index contributed by atoms with van der Waals surface area (Å²) in [5.74, 6) is -2.32. The normalized spacial score (nSPS) is 18.3. The highest BCUT2D eigenvalue weighted by Gasteiger charge is 2.31. The molecule has 3 heterocycles. The minimum atomic E-state index is -0.988. The Balaban J connectivity index is 1.54. The van der Waals surface area contributed by atoms with E-state index in [9.17, 15) is 28.3 Å². The lowest BCUT2D eigenvalue weighted by atomic mass is 9.93.